The SMILES string of the molecule is O=C1CCC2CNCC(S(=O)(=O)c3ccccc3)N12. The molecule has 1 aromatic carbocycles. The summed E-state index contributed by atoms with van der Waals surface area (Å²) in [5, 5.41) is 2.36. The number of carbonyl (C=O) groups excluding carboxylic acids is 1. The fraction of sp³-hybridized carbons (Fsp3) is 0.462. The maximum absolute atomic E-state index is 12.6. The van der Waals surface area contributed by atoms with Crippen molar-refractivity contribution in [1.82, 2.24) is 10.2 Å². The molecule has 102 valence electrons. The van der Waals surface area contributed by atoms with Gasteiger partial charge < -0.3 is 10.2 Å². The molecule has 5 nitrogen and oxygen atoms in total. The van der Waals surface area contributed by atoms with E-state index in [2.05, 4.69) is 5.32 Å². The summed E-state index contributed by atoms with van der Waals surface area (Å²) in [4.78, 5) is 13.8. The Balaban J connectivity index is 1.99. The number of fused-ring (bicyclic) bond motifs is 1. The Labute approximate surface area is 112 Å². The van der Waals surface area contributed by atoms with E-state index in [9.17, 15) is 13.2 Å². The van der Waals surface area contributed by atoms with Gasteiger partial charge >= 0.3 is 0 Å². The zero-order valence-electron chi connectivity index (χ0n) is 10.5. The highest BCUT2D eigenvalue weighted by atomic mass is 32.2. The molecule has 2 aliphatic heterocycles. The minimum Gasteiger partial charge on any atom is -0.320 e. The molecule has 2 fully saturated rings. The lowest BCUT2D eigenvalue weighted by Gasteiger charge is -2.37. The standard InChI is InChI=1S/C13H16N2O3S/c16-12-7-6-10-8-14-9-13(15(10)12)19(17,18)11-4-2-1-3-5-11/h1-5,10,13-14H,6-9H2. The van der Waals surface area contributed by atoms with Crippen molar-refractivity contribution < 1.29 is 13.2 Å². The maximum Gasteiger partial charge on any atom is 0.224 e. The molecule has 0 bridgehead atoms. The first kappa shape index (κ1) is 12.6. The summed E-state index contributed by atoms with van der Waals surface area (Å²) < 4.78 is 25.3. The van der Waals surface area contributed by atoms with Crippen LogP contribution in [0.3, 0.4) is 0 Å². The van der Waals surface area contributed by atoms with Crippen molar-refractivity contribution in [3.8, 4) is 0 Å². The Kier molecular flexibility index (Phi) is 3.06. The van der Waals surface area contributed by atoms with Gasteiger partial charge in [0.1, 0.15) is 0 Å². The van der Waals surface area contributed by atoms with Crippen molar-refractivity contribution in [3.63, 3.8) is 0 Å². The molecule has 3 rings (SSSR count). The highest BCUT2D eigenvalue weighted by molar-refractivity contribution is 7.92. The van der Waals surface area contributed by atoms with Gasteiger partial charge in [-0.3, -0.25) is 4.79 Å². The summed E-state index contributed by atoms with van der Waals surface area (Å²) in [5.41, 5.74) is 0. The molecule has 19 heavy (non-hydrogen) atoms. The predicted octanol–water partition coefficient (Wildman–Crippen LogP) is 0.381. The van der Waals surface area contributed by atoms with Crippen molar-refractivity contribution in [3.05, 3.63) is 30.3 Å². The molecule has 1 aromatic rings. The van der Waals surface area contributed by atoms with Gasteiger partial charge in [0.05, 0.1) is 4.90 Å². The quantitative estimate of drug-likeness (QED) is 0.850. The number of sulfone groups is 1. The summed E-state index contributed by atoms with van der Waals surface area (Å²) in [6.07, 6.45) is 1.19. The number of piperazine rings is 1. The lowest BCUT2D eigenvalue weighted by atomic mass is 10.2. The predicted molar refractivity (Wildman–Crippen MR) is 70.2 cm³/mol. The number of rotatable bonds is 2. The molecule has 2 atom stereocenters. The fourth-order valence-electron chi connectivity index (χ4n) is 2.86. The van der Waals surface area contributed by atoms with Gasteiger partial charge in [0.15, 0.2) is 5.37 Å². The van der Waals surface area contributed by atoms with Gasteiger partial charge in [-0.25, -0.2) is 8.42 Å². The monoisotopic (exact) mass is 280 g/mol. The summed E-state index contributed by atoms with van der Waals surface area (Å²) in [5.74, 6) is -0.0454. The van der Waals surface area contributed by atoms with E-state index >= 15 is 0 Å². The van der Waals surface area contributed by atoms with E-state index in [0.717, 1.165) is 6.42 Å². The Hall–Kier alpha value is -1.40. The molecule has 0 saturated carbocycles. The first-order valence-corrected chi connectivity index (χ1v) is 7.96. The number of hydrogen-bond acceptors (Lipinski definition) is 4. The van der Waals surface area contributed by atoms with Gasteiger partial charge in [-0.15, -0.1) is 0 Å². The number of carbonyl (C=O) groups is 1. The third-order valence-corrected chi connectivity index (χ3v) is 5.85. The maximum atomic E-state index is 12.6. The van der Waals surface area contributed by atoms with Crippen molar-refractivity contribution in [2.75, 3.05) is 13.1 Å². The molecule has 0 spiro atoms. The summed E-state index contributed by atoms with van der Waals surface area (Å²) in [6.45, 7) is 0.992. The lowest BCUT2D eigenvalue weighted by molar-refractivity contribution is -0.130. The van der Waals surface area contributed by atoms with Gasteiger partial charge in [0.25, 0.3) is 0 Å². The smallest absolute Gasteiger partial charge is 0.224 e. The van der Waals surface area contributed by atoms with Crippen LogP contribution in [0.4, 0.5) is 0 Å². The second kappa shape index (κ2) is 4.61. The van der Waals surface area contributed by atoms with Gasteiger partial charge in [0, 0.05) is 25.6 Å². The van der Waals surface area contributed by atoms with Crippen LogP contribution >= 0.6 is 0 Å². The van der Waals surface area contributed by atoms with E-state index in [-0.39, 0.29) is 16.8 Å². The van der Waals surface area contributed by atoms with E-state index in [1.54, 1.807) is 35.2 Å². The average molecular weight is 280 g/mol. The van der Waals surface area contributed by atoms with Crippen LogP contribution in [0.1, 0.15) is 12.8 Å². The van der Waals surface area contributed by atoms with Crippen molar-refractivity contribution >= 4 is 15.7 Å². The first-order chi connectivity index (χ1) is 9.10. The van der Waals surface area contributed by atoms with E-state index < -0.39 is 15.2 Å². The van der Waals surface area contributed by atoms with Gasteiger partial charge in [-0.1, -0.05) is 18.2 Å². The topological polar surface area (TPSA) is 66.5 Å². The van der Waals surface area contributed by atoms with Crippen LogP contribution in [0.15, 0.2) is 35.2 Å². The van der Waals surface area contributed by atoms with Crippen molar-refractivity contribution in [1.29, 1.82) is 0 Å². The van der Waals surface area contributed by atoms with Crippen LogP contribution in [0.25, 0.3) is 0 Å². The minimum absolute atomic E-state index is 0.0183. The third-order valence-electron chi connectivity index (χ3n) is 3.81. The third kappa shape index (κ3) is 2.04. The summed E-state index contributed by atoms with van der Waals surface area (Å²) in [6, 6.07) is 8.37. The Morgan fingerprint density at radius 1 is 1.16 bits per heavy atom. The molecule has 2 saturated heterocycles. The average Bonchev–Trinajstić information content (AvgIpc) is 2.82. The van der Waals surface area contributed by atoms with E-state index in [0.29, 0.717) is 19.5 Å². The highest BCUT2D eigenvalue weighted by Gasteiger charge is 2.44. The number of benzene rings is 1. The van der Waals surface area contributed by atoms with Crippen LogP contribution in [0.2, 0.25) is 0 Å². The van der Waals surface area contributed by atoms with Crippen LogP contribution in [0, 0.1) is 0 Å². The largest absolute Gasteiger partial charge is 0.320 e. The van der Waals surface area contributed by atoms with Crippen LogP contribution in [-0.4, -0.2) is 43.7 Å². The van der Waals surface area contributed by atoms with Gasteiger partial charge in [-0.05, 0) is 18.6 Å². The molecule has 1 N–H and O–H groups in total. The molecule has 1 amide bonds. The molecule has 0 aliphatic carbocycles. The molecular formula is C13H16N2O3S. The van der Waals surface area contributed by atoms with Crippen molar-refractivity contribution in [2.24, 2.45) is 0 Å². The minimum atomic E-state index is -3.51. The molecular weight excluding hydrogens is 264 g/mol. The Bertz CT molecular complexity index is 585. The lowest BCUT2D eigenvalue weighted by Crippen LogP contribution is -2.58. The molecule has 0 radical (unpaired) electrons. The van der Waals surface area contributed by atoms with E-state index in [1.165, 1.54) is 0 Å². The molecule has 2 heterocycles. The molecule has 2 aliphatic rings. The fourth-order valence-corrected chi connectivity index (χ4v) is 4.63. The summed E-state index contributed by atoms with van der Waals surface area (Å²) in [7, 11) is -3.51. The first-order valence-electron chi connectivity index (χ1n) is 6.41. The molecule has 0 aromatic heterocycles. The second-order valence-electron chi connectivity index (χ2n) is 4.96. The second-order valence-corrected chi connectivity index (χ2v) is 7.07. The Morgan fingerprint density at radius 3 is 2.63 bits per heavy atom. The number of amides is 1. The molecule has 6 heteroatoms. The van der Waals surface area contributed by atoms with Crippen LogP contribution < -0.4 is 5.32 Å². The zero-order chi connectivity index (χ0) is 13.5. The summed E-state index contributed by atoms with van der Waals surface area (Å²) >= 11 is 0. The van der Waals surface area contributed by atoms with Crippen molar-refractivity contribution in [2.45, 2.75) is 29.2 Å². The Morgan fingerprint density at radius 2 is 1.89 bits per heavy atom. The normalized spacial score (nSPS) is 27.4. The van der Waals surface area contributed by atoms with Crippen LogP contribution in [0.5, 0.6) is 0 Å². The molecule has 2 unspecified atom stereocenters. The van der Waals surface area contributed by atoms with Gasteiger partial charge in [0.2, 0.25) is 15.7 Å². The van der Waals surface area contributed by atoms with E-state index in [4.69, 9.17) is 0 Å². The van der Waals surface area contributed by atoms with E-state index in [1.807, 2.05) is 0 Å². The zero-order valence-corrected chi connectivity index (χ0v) is 11.3. The number of nitrogens with zero attached hydrogens (tertiary/aromatic N) is 1. The number of hydrogen-bond donors (Lipinski definition) is 1. The van der Waals surface area contributed by atoms with Crippen LogP contribution in [-0.2, 0) is 14.6 Å². The highest BCUT2D eigenvalue weighted by Crippen LogP contribution is 2.29. The number of nitrogens with one attached hydrogen (secondary N) is 1. The van der Waals surface area contributed by atoms with Gasteiger partial charge in [-0.2, -0.15) is 0 Å².